The summed E-state index contributed by atoms with van der Waals surface area (Å²) in [5.41, 5.74) is 5.86. The van der Waals surface area contributed by atoms with Crippen LogP contribution in [0.2, 0.25) is 0 Å². The Balaban J connectivity index is 1.89. The summed E-state index contributed by atoms with van der Waals surface area (Å²) in [6.07, 6.45) is 14.5. The van der Waals surface area contributed by atoms with Crippen LogP contribution in [0, 0.1) is 0 Å². The Morgan fingerprint density at radius 2 is 1.45 bits per heavy atom. The topological polar surface area (TPSA) is 46.3 Å². The van der Waals surface area contributed by atoms with Crippen molar-refractivity contribution in [3.63, 3.8) is 0 Å². The summed E-state index contributed by atoms with van der Waals surface area (Å²) in [6, 6.07) is 0.312. The molecule has 3 heteroatoms. The summed E-state index contributed by atoms with van der Waals surface area (Å²) in [7, 11) is 0. The van der Waals surface area contributed by atoms with Crippen molar-refractivity contribution in [2.45, 2.75) is 90.0 Å². The highest BCUT2D eigenvalue weighted by Crippen LogP contribution is 2.13. The summed E-state index contributed by atoms with van der Waals surface area (Å²) >= 11 is 0. The van der Waals surface area contributed by atoms with Gasteiger partial charge in [-0.1, -0.05) is 58.3 Å². The van der Waals surface area contributed by atoms with Crippen LogP contribution in [0.25, 0.3) is 0 Å². The zero-order chi connectivity index (χ0) is 14.6. The molecule has 0 saturated carbocycles. The molecular formula is C17H34N2O. The molecular weight excluding hydrogens is 248 g/mol. The minimum Gasteiger partial charge on any atom is -0.343 e. The molecule has 3 nitrogen and oxygen atoms in total. The summed E-state index contributed by atoms with van der Waals surface area (Å²) in [5, 5.41) is 0. The highest BCUT2D eigenvalue weighted by molar-refractivity contribution is 5.76. The number of amides is 1. The lowest BCUT2D eigenvalue weighted by atomic mass is 10.0. The van der Waals surface area contributed by atoms with Crippen LogP contribution in [0.3, 0.4) is 0 Å². The Kier molecular flexibility index (Phi) is 9.73. The van der Waals surface area contributed by atoms with E-state index in [2.05, 4.69) is 6.92 Å². The van der Waals surface area contributed by atoms with Gasteiger partial charge in [0.15, 0.2) is 0 Å². The fraction of sp³-hybridized carbons (Fsp3) is 0.941. The zero-order valence-electron chi connectivity index (χ0n) is 13.4. The maximum absolute atomic E-state index is 12.0. The lowest BCUT2D eigenvalue weighted by molar-refractivity contribution is -0.132. The Hall–Kier alpha value is -0.570. The quantitative estimate of drug-likeness (QED) is 0.618. The number of piperidine rings is 1. The molecule has 1 fully saturated rings. The van der Waals surface area contributed by atoms with Crippen LogP contribution in [-0.4, -0.2) is 29.9 Å². The number of unbranched alkanes of at least 4 members (excludes halogenated alkanes) is 8. The normalized spacial score (nSPS) is 16.6. The predicted molar refractivity (Wildman–Crippen MR) is 85.6 cm³/mol. The summed E-state index contributed by atoms with van der Waals surface area (Å²) in [6.45, 7) is 4.00. The molecule has 1 saturated heterocycles. The first-order valence-corrected chi connectivity index (χ1v) is 8.77. The molecule has 0 atom stereocenters. The van der Waals surface area contributed by atoms with Crippen LogP contribution in [0.4, 0.5) is 0 Å². The van der Waals surface area contributed by atoms with Gasteiger partial charge in [0.25, 0.3) is 0 Å². The molecule has 0 bridgehead atoms. The van der Waals surface area contributed by atoms with Crippen LogP contribution in [0.5, 0.6) is 0 Å². The van der Waals surface area contributed by atoms with Gasteiger partial charge in [-0.15, -0.1) is 0 Å². The lowest BCUT2D eigenvalue weighted by Crippen LogP contribution is -2.42. The van der Waals surface area contributed by atoms with Gasteiger partial charge in [-0.05, 0) is 19.3 Å². The van der Waals surface area contributed by atoms with Gasteiger partial charge in [0.1, 0.15) is 0 Å². The predicted octanol–water partition coefficient (Wildman–Crippen LogP) is 3.86. The molecule has 0 aliphatic carbocycles. The first-order valence-electron chi connectivity index (χ1n) is 8.77. The second-order valence-corrected chi connectivity index (χ2v) is 6.30. The van der Waals surface area contributed by atoms with Crippen molar-refractivity contribution in [2.24, 2.45) is 5.73 Å². The molecule has 0 radical (unpaired) electrons. The van der Waals surface area contributed by atoms with E-state index in [1.807, 2.05) is 4.90 Å². The van der Waals surface area contributed by atoms with E-state index in [1.165, 1.54) is 51.4 Å². The molecule has 2 N–H and O–H groups in total. The molecule has 0 unspecified atom stereocenters. The van der Waals surface area contributed by atoms with E-state index in [1.54, 1.807) is 0 Å². The maximum atomic E-state index is 12.0. The largest absolute Gasteiger partial charge is 0.343 e. The second kappa shape index (κ2) is 11.1. The number of hydrogen-bond acceptors (Lipinski definition) is 2. The van der Waals surface area contributed by atoms with E-state index < -0.39 is 0 Å². The lowest BCUT2D eigenvalue weighted by Gasteiger charge is -2.30. The van der Waals surface area contributed by atoms with Crippen molar-refractivity contribution in [1.29, 1.82) is 0 Å². The number of carbonyl (C=O) groups is 1. The van der Waals surface area contributed by atoms with E-state index >= 15 is 0 Å². The van der Waals surface area contributed by atoms with Crippen molar-refractivity contribution in [3.05, 3.63) is 0 Å². The van der Waals surface area contributed by atoms with Gasteiger partial charge in [0.2, 0.25) is 5.91 Å². The van der Waals surface area contributed by atoms with Gasteiger partial charge in [0.05, 0.1) is 0 Å². The average molecular weight is 282 g/mol. The van der Waals surface area contributed by atoms with E-state index in [0.29, 0.717) is 11.9 Å². The number of rotatable bonds is 10. The summed E-state index contributed by atoms with van der Waals surface area (Å²) < 4.78 is 0. The monoisotopic (exact) mass is 282 g/mol. The molecule has 1 heterocycles. The third kappa shape index (κ3) is 7.88. The van der Waals surface area contributed by atoms with Crippen LogP contribution < -0.4 is 5.73 Å². The van der Waals surface area contributed by atoms with Gasteiger partial charge in [-0.25, -0.2) is 0 Å². The minimum atomic E-state index is 0.312. The van der Waals surface area contributed by atoms with Crippen LogP contribution >= 0.6 is 0 Å². The molecule has 0 aromatic rings. The zero-order valence-corrected chi connectivity index (χ0v) is 13.4. The fourth-order valence-electron chi connectivity index (χ4n) is 2.89. The Bertz CT molecular complexity index is 247. The summed E-state index contributed by atoms with van der Waals surface area (Å²) in [4.78, 5) is 14.0. The standard InChI is InChI=1S/C17H34N2O/c1-2-3-4-5-6-7-8-9-10-11-17(20)19-14-12-16(18)13-15-19/h16H,2-15,18H2,1H3. The second-order valence-electron chi connectivity index (χ2n) is 6.30. The number of nitrogens with two attached hydrogens (primary N) is 1. The van der Waals surface area contributed by atoms with Crippen molar-refractivity contribution in [1.82, 2.24) is 4.90 Å². The third-order valence-electron chi connectivity index (χ3n) is 4.39. The SMILES string of the molecule is CCCCCCCCCCCC(=O)N1CCC(N)CC1. The van der Waals surface area contributed by atoms with Crippen LogP contribution in [0.15, 0.2) is 0 Å². The van der Waals surface area contributed by atoms with Crippen molar-refractivity contribution >= 4 is 5.91 Å². The number of likely N-dealkylation sites (tertiary alicyclic amines) is 1. The molecule has 0 aromatic heterocycles. The van der Waals surface area contributed by atoms with Gasteiger partial charge in [-0.3, -0.25) is 4.79 Å². The van der Waals surface area contributed by atoms with Crippen LogP contribution in [0.1, 0.15) is 84.0 Å². The molecule has 0 spiro atoms. The van der Waals surface area contributed by atoms with E-state index in [4.69, 9.17) is 5.73 Å². The van der Waals surface area contributed by atoms with Crippen molar-refractivity contribution in [3.8, 4) is 0 Å². The van der Waals surface area contributed by atoms with E-state index in [-0.39, 0.29) is 0 Å². The molecule has 0 aromatic carbocycles. The van der Waals surface area contributed by atoms with Crippen LogP contribution in [-0.2, 0) is 4.79 Å². The smallest absolute Gasteiger partial charge is 0.222 e. The highest BCUT2D eigenvalue weighted by Gasteiger charge is 2.19. The third-order valence-corrected chi connectivity index (χ3v) is 4.39. The highest BCUT2D eigenvalue weighted by atomic mass is 16.2. The number of nitrogens with zero attached hydrogens (tertiary/aromatic N) is 1. The van der Waals surface area contributed by atoms with Gasteiger partial charge < -0.3 is 10.6 Å². The fourth-order valence-corrected chi connectivity index (χ4v) is 2.89. The Morgan fingerprint density at radius 3 is 2.00 bits per heavy atom. The molecule has 1 amide bonds. The molecule has 118 valence electrons. The average Bonchev–Trinajstić information content (AvgIpc) is 2.46. The minimum absolute atomic E-state index is 0.312. The van der Waals surface area contributed by atoms with Gasteiger partial charge in [0, 0.05) is 25.6 Å². The van der Waals surface area contributed by atoms with E-state index in [9.17, 15) is 4.79 Å². The van der Waals surface area contributed by atoms with Crippen molar-refractivity contribution < 1.29 is 4.79 Å². The number of carbonyl (C=O) groups excluding carboxylic acids is 1. The maximum Gasteiger partial charge on any atom is 0.222 e. The number of hydrogen-bond donors (Lipinski definition) is 1. The summed E-state index contributed by atoms with van der Waals surface area (Å²) in [5.74, 6) is 0.347. The molecule has 20 heavy (non-hydrogen) atoms. The first-order chi connectivity index (χ1) is 9.74. The van der Waals surface area contributed by atoms with E-state index in [0.717, 1.165) is 38.8 Å². The van der Waals surface area contributed by atoms with Gasteiger partial charge >= 0.3 is 0 Å². The molecule has 1 aliphatic rings. The van der Waals surface area contributed by atoms with Gasteiger partial charge in [-0.2, -0.15) is 0 Å². The Labute approximate surface area is 125 Å². The molecule has 1 rings (SSSR count). The first kappa shape index (κ1) is 17.5. The molecule has 1 aliphatic heterocycles. The Morgan fingerprint density at radius 1 is 0.950 bits per heavy atom. The van der Waals surface area contributed by atoms with Crippen molar-refractivity contribution in [2.75, 3.05) is 13.1 Å².